The minimum Gasteiger partial charge on any atom is -0.467 e. The van der Waals surface area contributed by atoms with Gasteiger partial charge in [0, 0.05) is 46.1 Å². The number of benzene rings is 1. The Labute approximate surface area is 203 Å². The fourth-order valence-electron chi connectivity index (χ4n) is 4.14. The number of nitrogens with one attached hydrogen (secondary N) is 1. The molecule has 0 saturated carbocycles. The van der Waals surface area contributed by atoms with Crippen molar-refractivity contribution in [3.05, 3.63) is 64.1 Å². The third-order valence-electron chi connectivity index (χ3n) is 5.62. The van der Waals surface area contributed by atoms with E-state index in [-0.39, 0.29) is 19.0 Å². The Morgan fingerprint density at radius 3 is 2.22 bits per heavy atom. The number of aromatic amines is 1. The van der Waals surface area contributed by atoms with Gasteiger partial charge in [0.25, 0.3) is 0 Å². The highest BCUT2D eigenvalue weighted by Crippen LogP contribution is 2.41. The highest BCUT2D eigenvalue weighted by molar-refractivity contribution is 6.31. The van der Waals surface area contributed by atoms with Crippen LogP contribution in [0.5, 0.6) is 6.01 Å². The highest BCUT2D eigenvalue weighted by atomic mass is 35.5. The molecule has 1 atom stereocenters. The normalized spacial score (nSPS) is 16.3. The third kappa shape index (κ3) is 4.25. The molecule has 0 bridgehead atoms. The van der Waals surface area contributed by atoms with Crippen LogP contribution in [0.25, 0.3) is 10.9 Å². The Kier molecular flexibility index (Phi) is 5.65. The van der Waals surface area contributed by atoms with Crippen LogP contribution in [0.3, 0.4) is 0 Å². The van der Waals surface area contributed by atoms with Gasteiger partial charge in [-0.15, -0.1) is 0 Å². The lowest BCUT2D eigenvalue weighted by atomic mass is 9.94. The average Bonchev–Trinajstić information content (AvgIpc) is 3.20. The van der Waals surface area contributed by atoms with Crippen molar-refractivity contribution in [2.45, 2.75) is 24.8 Å². The number of hydrogen-bond acceptors (Lipinski definition) is 7. The van der Waals surface area contributed by atoms with Gasteiger partial charge in [-0.3, -0.25) is 0 Å². The molecule has 1 aliphatic heterocycles. The third-order valence-corrected chi connectivity index (χ3v) is 5.86. The molecule has 1 aromatic carbocycles. The number of methoxy groups -OCH3 is 1. The summed E-state index contributed by atoms with van der Waals surface area (Å²) in [4.78, 5) is 21.9. The second kappa shape index (κ2) is 8.47. The molecular weight excluding hydrogens is 516 g/mol. The average molecular weight is 530 g/mol. The second-order valence-corrected chi connectivity index (χ2v) is 8.27. The zero-order valence-electron chi connectivity index (χ0n) is 18.1. The molecule has 0 amide bonds. The number of nitrogens with zero attached hydrogens (tertiary/aromatic N) is 6. The van der Waals surface area contributed by atoms with Gasteiger partial charge in [-0.1, -0.05) is 11.6 Å². The van der Waals surface area contributed by atoms with Crippen LogP contribution in [0.15, 0.2) is 30.6 Å². The van der Waals surface area contributed by atoms with E-state index in [9.17, 15) is 26.3 Å². The number of alkyl halides is 6. The van der Waals surface area contributed by atoms with Gasteiger partial charge in [0.2, 0.25) is 17.6 Å². The molecule has 5 rings (SSSR count). The molecular formula is C21H14ClF6N7O. The molecule has 3 aromatic heterocycles. The summed E-state index contributed by atoms with van der Waals surface area (Å²) >= 11 is 6.15. The van der Waals surface area contributed by atoms with Crippen molar-refractivity contribution in [2.75, 3.05) is 18.6 Å². The molecule has 0 spiro atoms. The van der Waals surface area contributed by atoms with E-state index in [1.807, 2.05) is 0 Å². The minimum absolute atomic E-state index is 0.0121. The lowest BCUT2D eigenvalue weighted by molar-refractivity contribution is -0.155. The number of fused-ring (bicyclic) bond motifs is 3. The number of rotatable bonds is 3. The monoisotopic (exact) mass is 529 g/mol. The molecule has 36 heavy (non-hydrogen) atoms. The first-order valence-electron chi connectivity index (χ1n) is 10.3. The molecule has 0 saturated heterocycles. The Hall–Kier alpha value is -3.68. The maximum absolute atomic E-state index is 13.4. The molecule has 15 heteroatoms. The number of hydrogen-bond donors (Lipinski definition) is 1. The Bertz CT molecular complexity index is 1410. The van der Waals surface area contributed by atoms with Crippen molar-refractivity contribution in [1.29, 1.82) is 0 Å². The van der Waals surface area contributed by atoms with Crippen molar-refractivity contribution < 1.29 is 31.1 Å². The summed E-state index contributed by atoms with van der Waals surface area (Å²) in [5.41, 5.74) is 2.35. The second-order valence-electron chi connectivity index (χ2n) is 7.83. The summed E-state index contributed by atoms with van der Waals surface area (Å²) in [5, 5.41) is 1.25. The van der Waals surface area contributed by atoms with E-state index in [1.165, 1.54) is 24.4 Å². The predicted octanol–water partition coefficient (Wildman–Crippen LogP) is 4.99. The Morgan fingerprint density at radius 1 is 1.00 bits per heavy atom. The fourth-order valence-corrected chi connectivity index (χ4v) is 4.31. The van der Waals surface area contributed by atoms with Crippen LogP contribution in [-0.4, -0.2) is 43.6 Å². The largest absolute Gasteiger partial charge is 0.467 e. The van der Waals surface area contributed by atoms with E-state index in [2.05, 4.69) is 29.9 Å². The number of halogens is 7. The summed E-state index contributed by atoms with van der Waals surface area (Å²) in [6.07, 6.45) is -7.46. The lowest BCUT2D eigenvalue weighted by Crippen LogP contribution is -2.38. The topological polar surface area (TPSA) is 92.7 Å². The van der Waals surface area contributed by atoms with Crippen LogP contribution in [0.2, 0.25) is 5.02 Å². The molecule has 8 nitrogen and oxygen atoms in total. The maximum Gasteiger partial charge on any atom is 0.451 e. The van der Waals surface area contributed by atoms with Crippen molar-refractivity contribution in [1.82, 2.24) is 29.9 Å². The highest BCUT2D eigenvalue weighted by Gasteiger charge is 2.43. The van der Waals surface area contributed by atoms with E-state index >= 15 is 0 Å². The molecule has 4 aromatic rings. The number of anilines is 1. The van der Waals surface area contributed by atoms with Crippen LogP contribution in [0.1, 0.15) is 34.5 Å². The van der Waals surface area contributed by atoms with E-state index in [1.54, 1.807) is 18.2 Å². The van der Waals surface area contributed by atoms with Crippen LogP contribution in [-0.2, 0) is 18.8 Å². The van der Waals surface area contributed by atoms with Crippen LogP contribution in [0.4, 0.5) is 32.3 Å². The summed E-state index contributed by atoms with van der Waals surface area (Å²) in [6, 6.07) is 4.20. The first-order valence-corrected chi connectivity index (χ1v) is 10.7. The van der Waals surface area contributed by atoms with Crippen LogP contribution < -0.4 is 9.64 Å². The molecule has 1 aliphatic rings. The first-order chi connectivity index (χ1) is 17.0. The van der Waals surface area contributed by atoms with Gasteiger partial charge < -0.3 is 14.6 Å². The van der Waals surface area contributed by atoms with Crippen molar-refractivity contribution >= 4 is 28.5 Å². The fraction of sp³-hybridized carbons (Fsp3) is 0.286. The molecule has 0 aliphatic carbocycles. The molecule has 4 heterocycles. The van der Waals surface area contributed by atoms with E-state index in [4.69, 9.17) is 16.3 Å². The SMILES string of the molecule is COc1ncc([C@H]2c3[nH]c4ccc(Cl)cc4c3CCN2c2nc(C(F)(F)F)nc(C(F)(F)F)n2)cn1. The van der Waals surface area contributed by atoms with Gasteiger partial charge in [0.15, 0.2) is 0 Å². The Morgan fingerprint density at radius 2 is 1.64 bits per heavy atom. The zero-order chi connectivity index (χ0) is 25.8. The first kappa shape index (κ1) is 24.0. The summed E-state index contributed by atoms with van der Waals surface area (Å²) in [5.74, 6) is -4.68. The summed E-state index contributed by atoms with van der Waals surface area (Å²) in [7, 11) is 1.35. The Balaban J connectivity index is 1.72. The van der Waals surface area contributed by atoms with E-state index in [0.29, 0.717) is 21.8 Å². The predicted molar refractivity (Wildman–Crippen MR) is 115 cm³/mol. The summed E-state index contributed by atoms with van der Waals surface area (Å²) in [6.45, 7) is -0.0121. The number of aromatic nitrogens is 6. The van der Waals surface area contributed by atoms with Gasteiger partial charge in [0.05, 0.1) is 7.11 Å². The number of H-pyrrole nitrogens is 1. The zero-order valence-corrected chi connectivity index (χ0v) is 18.9. The quantitative estimate of drug-likeness (QED) is 0.374. The van der Waals surface area contributed by atoms with Gasteiger partial charge in [-0.05, 0) is 30.2 Å². The molecule has 0 unspecified atom stereocenters. The van der Waals surface area contributed by atoms with Crippen LogP contribution in [0, 0.1) is 0 Å². The smallest absolute Gasteiger partial charge is 0.451 e. The standard InChI is InChI=1S/C21H14ClF6N7O/c1-36-19-29-7-9(8-30-19)15-14-11(12-6-10(22)2-3-13(12)31-14)4-5-35(15)18-33-16(20(23,24)25)32-17(34-18)21(26,27)28/h2-3,6-8,15,31H,4-5H2,1H3/t15-/m0/s1. The minimum atomic E-state index is -5.23. The van der Waals surface area contributed by atoms with Gasteiger partial charge >= 0.3 is 18.4 Å². The van der Waals surface area contributed by atoms with E-state index in [0.717, 1.165) is 10.9 Å². The van der Waals surface area contributed by atoms with Crippen molar-refractivity contribution in [2.24, 2.45) is 0 Å². The van der Waals surface area contributed by atoms with Gasteiger partial charge in [-0.2, -0.15) is 36.3 Å². The van der Waals surface area contributed by atoms with Gasteiger partial charge in [-0.25, -0.2) is 15.0 Å². The van der Waals surface area contributed by atoms with E-state index < -0.39 is 36.0 Å². The summed E-state index contributed by atoms with van der Waals surface area (Å²) < 4.78 is 85.6. The van der Waals surface area contributed by atoms with Gasteiger partial charge in [0.1, 0.15) is 6.04 Å². The van der Waals surface area contributed by atoms with Crippen molar-refractivity contribution in [3.63, 3.8) is 0 Å². The molecule has 1 N–H and O–H groups in total. The lowest BCUT2D eigenvalue weighted by Gasteiger charge is -2.36. The van der Waals surface area contributed by atoms with Crippen LogP contribution >= 0.6 is 11.6 Å². The number of ether oxygens (including phenoxy) is 1. The van der Waals surface area contributed by atoms with Crippen molar-refractivity contribution in [3.8, 4) is 6.01 Å². The molecule has 0 fully saturated rings. The molecule has 0 radical (unpaired) electrons. The molecule has 188 valence electrons. The maximum atomic E-state index is 13.4.